The van der Waals surface area contributed by atoms with E-state index in [1.807, 2.05) is 18.7 Å². The van der Waals surface area contributed by atoms with Crippen LogP contribution >= 0.6 is 12.4 Å². The Morgan fingerprint density at radius 3 is 2.54 bits per heavy atom. The summed E-state index contributed by atoms with van der Waals surface area (Å²) in [5.74, 6) is 0.422. The molecule has 0 aliphatic carbocycles. The predicted octanol–water partition coefficient (Wildman–Crippen LogP) is 1.59. The lowest BCUT2D eigenvalue weighted by atomic mass is 9.91. The first-order valence-electron chi connectivity index (χ1n) is 8.90. The number of amides is 1. The molecule has 3 unspecified atom stereocenters. The maximum absolute atomic E-state index is 13.0. The van der Waals surface area contributed by atoms with E-state index in [0.29, 0.717) is 31.8 Å². The van der Waals surface area contributed by atoms with E-state index in [9.17, 15) is 13.2 Å². The van der Waals surface area contributed by atoms with E-state index in [1.165, 1.54) is 4.31 Å². The lowest BCUT2D eigenvalue weighted by Gasteiger charge is -2.40. The van der Waals surface area contributed by atoms with Crippen LogP contribution in [0.3, 0.4) is 0 Å². The van der Waals surface area contributed by atoms with E-state index in [2.05, 4.69) is 0 Å². The fraction of sp³-hybridized carbons (Fsp3) is 0.938. The minimum atomic E-state index is -3.33. The van der Waals surface area contributed by atoms with Gasteiger partial charge in [-0.15, -0.1) is 12.4 Å². The van der Waals surface area contributed by atoms with Gasteiger partial charge in [-0.2, -0.15) is 4.31 Å². The van der Waals surface area contributed by atoms with Crippen molar-refractivity contribution in [3.63, 3.8) is 0 Å². The number of carbonyl (C=O) groups excluding carboxylic acids is 1. The van der Waals surface area contributed by atoms with Crippen LogP contribution in [0.4, 0.5) is 0 Å². The molecule has 0 bridgehead atoms. The highest BCUT2D eigenvalue weighted by Crippen LogP contribution is 2.26. The molecule has 6 nitrogen and oxygen atoms in total. The average molecular weight is 382 g/mol. The number of halogens is 1. The summed E-state index contributed by atoms with van der Waals surface area (Å²) in [6.07, 6.45) is 4.97. The molecule has 2 heterocycles. The Labute approximate surface area is 152 Å². The van der Waals surface area contributed by atoms with Crippen LogP contribution in [0.15, 0.2) is 0 Å². The number of likely N-dealkylation sites (tertiary alicyclic amines) is 1. The Morgan fingerprint density at radius 1 is 1.21 bits per heavy atom. The van der Waals surface area contributed by atoms with Crippen molar-refractivity contribution in [1.82, 2.24) is 9.21 Å². The van der Waals surface area contributed by atoms with Crippen molar-refractivity contribution in [1.29, 1.82) is 0 Å². The second-order valence-electron chi connectivity index (χ2n) is 6.98. The topological polar surface area (TPSA) is 83.7 Å². The van der Waals surface area contributed by atoms with Crippen molar-refractivity contribution in [3.8, 4) is 0 Å². The molecular weight excluding hydrogens is 350 g/mol. The summed E-state index contributed by atoms with van der Waals surface area (Å²) in [5, 5.41) is 0. The third-order valence-corrected chi connectivity index (χ3v) is 7.15. The molecule has 3 atom stereocenters. The van der Waals surface area contributed by atoms with Crippen molar-refractivity contribution in [2.45, 2.75) is 64.5 Å². The quantitative estimate of drug-likeness (QED) is 0.783. The summed E-state index contributed by atoms with van der Waals surface area (Å²) in [4.78, 5) is 14.8. The molecule has 2 N–H and O–H groups in total. The molecule has 2 aliphatic rings. The summed E-state index contributed by atoms with van der Waals surface area (Å²) in [7, 11) is -3.33. The normalized spacial score (nSPS) is 27.4. The van der Waals surface area contributed by atoms with Gasteiger partial charge in [-0.3, -0.25) is 4.79 Å². The molecule has 0 radical (unpaired) electrons. The van der Waals surface area contributed by atoms with Gasteiger partial charge in [0.2, 0.25) is 15.9 Å². The van der Waals surface area contributed by atoms with E-state index >= 15 is 0 Å². The molecule has 142 valence electrons. The maximum atomic E-state index is 13.0. The first-order valence-corrected chi connectivity index (χ1v) is 10.5. The van der Waals surface area contributed by atoms with E-state index in [4.69, 9.17) is 5.73 Å². The van der Waals surface area contributed by atoms with Gasteiger partial charge in [0.05, 0.1) is 5.75 Å². The first kappa shape index (κ1) is 21.7. The van der Waals surface area contributed by atoms with E-state index in [0.717, 1.165) is 32.2 Å². The van der Waals surface area contributed by atoms with Crippen LogP contribution in [0, 0.1) is 5.92 Å². The average Bonchev–Trinajstić information content (AvgIpc) is 2.54. The summed E-state index contributed by atoms with van der Waals surface area (Å²) in [5.41, 5.74) is 6.00. The highest BCUT2D eigenvalue weighted by atomic mass is 35.5. The number of rotatable bonds is 5. The minimum absolute atomic E-state index is 0. The second-order valence-corrected chi connectivity index (χ2v) is 9.03. The smallest absolute Gasteiger partial charge is 0.241 e. The van der Waals surface area contributed by atoms with Crippen LogP contribution < -0.4 is 5.73 Å². The number of hydrogen-bond acceptors (Lipinski definition) is 4. The van der Waals surface area contributed by atoms with Gasteiger partial charge in [0.25, 0.3) is 0 Å². The second kappa shape index (κ2) is 9.36. The monoisotopic (exact) mass is 381 g/mol. The number of nitrogens with two attached hydrogens (primary N) is 1. The number of carbonyl (C=O) groups is 1. The summed E-state index contributed by atoms with van der Waals surface area (Å²) in [6, 6.07) is -0.441. The number of hydrogen-bond donors (Lipinski definition) is 1. The molecule has 2 rings (SSSR count). The number of sulfonamides is 1. The number of nitrogens with zero attached hydrogens (tertiary/aromatic N) is 2. The van der Waals surface area contributed by atoms with Gasteiger partial charge < -0.3 is 10.6 Å². The summed E-state index contributed by atoms with van der Waals surface area (Å²) in [6.45, 7) is 5.70. The molecule has 2 saturated heterocycles. The molecule has 0 aromatic heterocycles. The fourth-order valence-corrected chi connectivity index (χ4v) is 5.45. The Hall–Kier alpha value is -0.370. The molecule has 0 aromatic carbocycles. The Kier molecular flexibility index (Phi) is 8.45. The van der Waals surface area contributed by atoms with Crippen molar-refractivity contribution >= 4 is 28.3 Å². The molecule has 2 fully saturated rings. The number of piperidine rings is 2. The van der Waals surface area contributed by atoms with E-state index < -0.39 is 16.1 Å². The molecule has 0 aromatic rings. The largest absolute Gasteiger partial charge is 0.341 e. The summed E-state index contributed by atoms with van der Waals surface area (Å²) < 4.78 is 26.5. The molecular formula is C16H32ClN3O3S. The van der Waals surface area contributed by atoms with Crippen LogP contribution in [-0.4, -0.2) is 61.0 Å². The molecule has 0 saturated carbocycles. The zero-order chi connectivity index (χ0) is 17.0. The van der Waals surface area contributed by atoms with Crippen molar-refractivity contribution in [2.24, 2.45) is 11.7 Å². The first-order chi connectivity index (χ1) is 10.9. The molecule has 24 heavy (non-hydrogen) atoms. The molecule has 0 spiro atoms. The van der Waals surface area contributed by atoms with Crippen LogP contribution in [0.25, 0.3) is 0 Å². The van der Waals surface area contributed by atoms with Gasteiger partial charge >= 0.3 is 0 Å². The van der Waals surface area contributed by atoms with Gasteiger partial charge in [-0.25, -0.2) is 8.42 Å². The highest BCUT2D eigenvalue weighted by molar-refractivity contribution is 7.89. The zero-order valence-electron chi connectivity index (χ0n) is 14.8. The SMILES string of the molecule is CCCS(=O)(=O)N1CCCCC1C(=O)N1CCCC(C(C)N)C1.Cl. The minimum Gasteiger partial charge on any atom is -0.341 e. The Morgan fingerprint density at radius 2 is 1.92 bits per heavy atom. The third kappa shape index (κ3) is 5.07. The lowest BCUT2D eigenvalue weighted by molar-refractivity contribution is -0.138. The molecule has 2 aliphatic heterocycles. The van der Waals surface area contributed by atoms with E-state index in [1.54, 1.807) is 0 Å². The van der Waals surface area contributed by atoms with E-state index in [-0.39, 0.29) is 30.1 Å². The van der Waals surface area contributed by atoms with Gasteiger partial charge in [-0.1, -0.05) is 13.3 Å². The van der Waals surface area contributed by atoms with Gasteiger partial charge in [0, 0.05) is 25.7 Å². The fourth-order valence-electron chi connectivity index (χ4n) is 3.71. The molecule has 8 heteroatoms. The van der Waals surface area contributed by atoms with Crippen LogP contribution in [0.5, 0.6) is 0 Å². The van der Waals surface area contributed by atoms with Gasteiger partial charge in [0.15, 0.2) is 0 Å². The van der Waals surface area contributed by atoms with Crippen LogP contribution in [0.2, 0.25) is 0 Å². The summed E-state index contributed by atoms with van der Waals surface area (Å²) >= 11 is 0. The van der Waals surface area contributed by atoms with Crippen molar-refractivity contribution in [2.75, 3.05) is 25.4 Å². The van der Waals surface area contributed by atoms with Gasteiger partial charge in [0.1, 0.15) is 6.04 Å². The highest BCUT2D eigenvalue weighted by Gasteiger charge is 2.39. The standard InChI is InChI=1S/C16H31N3O3S.ClH/c1-3-11-23(21,22)19-10-5-4-8-15(19)16(20)18-9-6-7-14(12-18)13(2)17;/h13-15H,3-12,17H2,1-2H3;1H. The van der Waals surface area contributed by atoms with Crippen molar-refractivity contribution < 1.29 is 13.2 Å². The third-order valence-electron chi connectivity index (χ3n) is 5.07. The Bertz CT molecular complexity index is 513. The van der Waals surface area contributed by atoms with Crippen LogP contribution in [0.1, 0.15) is 52.4 Å². The van der Waals surface area contributed by atoms with Gasteiger partial charge in [-0.05, 0) is 44.9 Å². The lowest BCUT2D eigenvalue weighted by Crippen LogP contribution is -2.56. The Balaban J connectivity index is 0.00000288. The predicted molar refractivity (Wildman–Crippen MR) is 98.6 cm³/mol. The zero-order valence-corrected chi connectivity index (χ0v) is 16.4. The van der Waals surface area contributed by atoms with Crippen LogP contribution in [-0.2, 0) is 14.8 Å². The van der Waals surface area contributed by atoms with Crippen molar-refractivity contribution in [3.05, 3.63) is 0 Å². The molecule has 1 amide bonds. The maximum Gasteiger partial charge on any atom is 0.241 e.